The second kappa shape index (κ2) is 10.3. The van der Waals surface area contributed by atoms with Crippen LogP contribution >= 0.6 is 0 Å². The Kier molecular flexibility index (Phi) is 6.98. The zero-order chi connectivity index (χ0) is 21.5. The Bertz CT molecular complexity index is 1100. The van der Waals surface area contributed by atoms with Gasteiger partial charge in [0, 0.05) is 41.1 Å². The van der Waals surface area contributed by atoms with E-state index in [4.69, 9.17) is 9.47 Å². The molecule has 0 radical (unpaired) electrons. The standard InChI is InChI=1S/C25H28N4O2/c1-3-8-18-12-13-22(23(15-18)31-17-30-4-2)24-20-10-5-6-11-21(20)25(29-28-24)27-19-9-7-14-26-16-19/h5-6,10-13,15,19,26H,4,7,9,14,16-17H2,1-2H3,(H,27,29)/t19-/m1/s1. The van der Waals surface area contributed by atoms with E-state index in [0.29, 0.717) is 18.4 Å². The summed E-state index contributed by atoms with van der Waals surface area (Å²) in [6.45, 7) is 6.53. The summed E-state index contributed by atoms with van der Waals surface area (Å²) < 4.78 is 11.3. The Hall–Kier alpha value is -3.14. The quantitative estimate of drug-likeness (QED) is 0.342. The number of piperidine rings is 1. The minimum absolute atomic E-state index is 0.173. The zero-order valence-electron chi connectivity index (χ0n) is 18.1. The predicted molar refractivity (Wildman–Crippen MR) is 124 cm³/mol. The van der Waals surface area contributed by atoms with Gasteiger partial charge in [-0.05, 0) is 51.4 Å². The third-order valence-electron chi connectivity index (χ3n) is 5.33. The van der Waals surface area contributed by atoms with Gasteiger partial charge in [0.2, 0.25) is 0 Å². The molecule has 0 unspecified atom stereocenters. The van der Waals surface area contributed by atoms with Crippen LogP contribution in [0.25, 0.3) is 22.0 Å². The number of nitrogens with zero attached hydrogens (tertiary/aromatic N) is 2. The average molecular weight is 417 g/mol. The summed E-state index contributed by atoms with van der Waals surface area (Å²) in [5.41, 5.74) is 2.54. The molecule has 1 aliphatic heterocycles. The van der Waals surface area contributed by atoms with Gasteiger partial charge in [0.15, 0.2) is 12.6 Å². The maximum absolute atomic E-state index is 5.94. The van der Waals surface area contributed by atoms with E-state index in [-0.39, 0.29) is 6.79 Å². The lowest BCUT2D eigenvalue weighted by molar-refractivity contribution is 0.0227. The van der Waals surface area contributed by atoms with Crippen LogP contribution in [0.15, 0.2) is 42.5 Å². The van der Waals surface area contributed by atoms with Gasteiger partial charge in [-0.25, -0.2) is 0 Å². The second-order valence-corrected chi connectivity index (χ2v) is 7.47. The van der Waals surface area contributed by atoms with Crippen molar-refractivity contribution in [2.24, 2.45) is 0 Å². The lowest BCUT2D eigenvalue weighted by Crippen LogP contribution is -2.38. The number of aromatic nitrogens is 2. The van der Waals surface area contributed by atoms with E-state index >= 15 is 0 Å². The van der Waals surface area contributed by atoms with Gasteiger partial charge in [0.1, 0.15) is 11.4 Å². The first-order valence-electron chi connectivity index (χ1n) is 10.8. The summed E-state index contributed by atoms with van der Waals surface area (Å²) in [5.74, 6) is 7.52. The van der Waals surface area contributed by atoms with E-state index in [1.807, 2.05) is 44.2 Å². The second-order valence-electron chi connectivity index (χ2n) is 7.47. The number of rotatable bonds is 7. The third-order valence-corrected chi connectivity index (χ3v) is 5.33. The molecule has 1 fully saturated rings. The fourth-order valence-electron chi connectivity index (χ4n) is 3.83. The van der Waals surface area contributed by atoms with Crippen LogP contribution in [0.5, 0.6) is 5.75 Å². The molecular formula is C25H28N4O2. The number of hydrogen-bond donors (Lipinski definition) is 2. The molecule has 0 spiro atoms. The van der Waals surface area contributed by atoms with Gasteiger partial charge in [-0.2, -0.15) is 0 Å². The van der Waals surface area contributed by atoms with Crippen LogP contribution in [0.2, 0.25) is 0 Å². The molecule has 1 atom stereocenters. The van der Waals surface area contributed by atoms with E-state index in [1.165, 1.54) is 0 Å². The van der Waals surface area contributed by atoms with Crippen LogP contribution in [-0.2, 0) is 4.74 Å². The van der Waals surface area contributed by atoms with Crippen LogP contribution in [0.1, 0.15) is 32.3 Å². The number of benzene rings is 2. The van der Waals surface area contributed by atoms with Crippen molar-refractivity contribution < 1.29 is 9.47 Å². The molecule has 2 N–H and O–H groups in total. The number of hydrogen-bond acceptors (Lipinski definition) is 6. The first kappa shape index (κ1) is 21.1. The zero-order valence-corrected chi connectivity index (χ0v) is 18.1. The highest BCUT2D eigenvalue weighted by molar-refractivity contribution is 6.01. The lowest BCUT2D eigenvalue weighted by atomic mass is 10.0. The van der Waals surface area contributed by atoms with E-state index < -0.39 is 0 Å². The normalized spacial score (nSPS) is 15.9. The van der Waals surface area contributed by atoms with E-state index in [2.05, 4.69) is 44.8 Å². The Labute approximate surface area is 183 Å². The Morgan fingerprint density at radius 3 is 2.81 bits per heavy atom. The van der Waals surface area contributed by atoms with Crippen LogP contribution in [0.3, 0.4) is 0 Å². The summed E-state index contributed by atoms with van der Waals surface area (Å²) >= 11 is 0. The Morgan fingerprint density at radius 1 is 1.16 bits per heavy atom. The predicted octanol–water partition coefficient (Wildman–Crippen LogP) is 4.20. The van der Waals surface area contributed by atoms with Gasteiger partial charge >= 0.3 is 0 Å². The topological polar surface area (TPSA) is 68.3 Å². The summed E-state index contributed by atoms with van der Waals surface area (Å²) in [6, 6.07) is 14.5. The summed E-state index contributed by atoms with van der Waals surface area (Å²) in [5, 5.41) is 18.3. The van der Waals surface area contributed by atoms with Crippen LogP contribution in [0, 0.1) is 11.8 Å². The fourth-order valence-corrected chi connectivity index (χ4v) is 3.83. The minimum atomic E-state index is 0.173. The molecule has 2 aromatic carbocycles. The number of ether oxygens (including phenoxy) is 2. The molecule has 1 aliphatic rings. The highest BCUT2D eigenvalue weighted by Gasteiger charge is 2.18. The number of anilines is 1. The molecule has 31 heavy (non-hydrogen) atoms. The Balaban J connectivity index is 1.75. The monoisotopic (exact) mass is 416 g/mol. The molecule has 2 heterocycles. The first-order valence-corrected chi connectivity index (χ1v) is 10.8. The smallest absolute Gasteiger partial charge is 0.189 e. The van der Waals surface area contributed by atoms with Gasteiger partial charge in [-0.15, -0.1) is 16.1 Å². The molecule has 0 bridgehead atoms. The van der Waals surface area contributed by atoms with Gasteiger partial charge in [0.05, 0.1) is 0 Å². The van der Waals surface area contributed by atoms with Crippen molar-refractivity contribution in [3.05, 3.63) is 48.0 Å². The highest BCUT2D eigenvalue weighted by atomic mass is 16.7. The van der Waals surface area contributed by atoms with Crippen molar-refractivity contribution in [2.75, 3.05) is 31.8 Å². The van der Waals surface area contributed by atoms with Crippen molar-refractivity contribution in [3.63, 3.8) is 0 Å². The molecule has 160 valence electrons. The van der Waals surface area contributed by atoms with Crippen molar-refractivity contribution in [3.8, 4) is 28.8 Å². The van der Waals surface area contributed by atoms with Gasteiger partial charge in [-0.3, -0.25) is 0 Å². The highest BCUT2D eigenvalue weighted by Crippen LogP contribution is 2.36. The van der Waals surface area contributed by atoms with E-state index in [0.717, 1.165) is 59.3 Å². The molecule has 1 aromatic heterocycles. The summed E-state index contributed by atoms with van der Waals surface area (Å²) in [4.78, 5) is 0. The maximum atomic E-state index is 5.94. The fraction of sp³-hybridized carbons (Fsp3) is 0.360. The SMILES string of the molecule is CC#Cc1ccc(-c2nnc(N[C@@H]3CCCNC3)c3ccccc23)c(OCOCC)c1. The lowest BCUT2D eigenvalue weighted by Gasteiger charge is -2.24. The molecule has 0 amide bonds. The van der Waals surface area contributed by atoms with Crippen molar-refractivity contribution >= 4 is 16.6 Å². The maximum Gasteiger partial charge on any atom is 0.189 e. The molecule has 0 aliphatic carbocycles. The number of nitrogens with one attached hydrogen (secondary N) is 2. The molecular weight excluding hydrogens is 388 g/mol. The van der Waals surface area contributed by atoms with Crippen molar-refractivity contribution in [1.29, 1.82) is 0 Å². The average Bonchev–Trinajstić information content (AvgIpc) is 2.81. The van der Waals surface area contributed by atoms with E-state index in [9.17, 15) is 0 Å². The summed E-state index contributed by atoms with van der Waals surface area (Å²) in [7, 11) is 0. The minimum Gasteiger partial charge on any atom is -0.467 e. The molecule has 4 rings (SSSR count). The summed E-state index contributed by atoms with van der Waals surface area (Å²) in [6.07, 6.45) is 2.29. The molecule has 0 saturated carbocycles. The van der Waals surface area contributed by atoms with Gasteiger partial charge in [0.25, 0.3) is 0 Å². The van der Waals surface area contributed by atoms with Gasteiger partial charge < -0.3 is 20.1 Å². The molecule has 6 heteroatoms. The number of fused-ring (bicyclic) bond motifs is 1. The van der Waals surface area contributed by atoms with Crippen LogP contribution in [-0.4, -0.2) is 42.7 Å². The largest absolute Gasteiger partial charge is 0.467 e. The molecule has 6 nitrogen and oxygen atoms in total. The van der Waals surface area contributed by atoms with Gasteiger partial charge in [-0.1, -0.05) is 30.2 Å². The Morgan fingerprint density at radius 2 is 2.03 bits per heavy atom. The van der Waals surface area contributed by atoms with E-state index in [1.54, 1.807) is 0 Å². The van der Waals surface area contributed by atoms with Crippen LogP contribution < -0.4 is 15.4 Å². The first-order chi connectivity index (χ1) is 15.3. The van der Waals surface area contributed by atoms with Crippen molar-refractivity contribution in [2.45, 2.75) is 32.7 Å². The van der Waals surface area contributed by atoms with Crippen LogP contribution in [0.4, 0.5) is 5.82 Å². The third kappa shape index (κ3) is 4.96. The van der Waals surface area contributed by atoms with Crippen molar-refractivity contribution in [1.82, 2.24) is 15.5 Å². The molecule has 3 aromatic rings. The molecule has 1 saturated heterocycles.